The summed E-state index contributed by atoms with van der Waals surface area (Å²) in [5.74, 6) is -1.78. The highest BCUT2D eigenvalue weighted by molar-refractivity contribution is 7.91. The summed E-state index contributed by atoms with van der Waals surface area (Å²) >= 11 is 0. The number of methoxy groups -OCH3 is 1. The van der Waals surface area contributed by atoms with Crippen LogP contribution in [0.5, 0.6) is 11.6 Å². The molecule has 14 nitrogen and oxygen atoms in total. The summed E-state index contributed by atoms with van der Waals surface area (Å²) in [6.45, 7) is 8.78. The third-order valence-electron chi connectivity index (χ3n) is 9.35. The topological polar surface area (TPSA) is 182 Å². The normalized spacial score (nSPS) is 23.2. The molecule has 3 N–H and O–H groups in total. The minimum Gasteiger partial charge on any atom is -0.497 e. The minimum atomic E-state index is -3.91. The van der Waals surface area contributed by atoms with Gasteiger partial charge in [-0.1, -0.05) is 36.4 Å². The number of amides is 4. The van der Waals surface area contributed by atoms with Crippen LogP contribution < -0.4 is 24.8 Å². The van der Waals surface area contributed by atoms with Gasteiger partial charge in [0.2, 0.25) is 21.8 Å². The number of nitrogens with one attached hydrogen (secondary N) is 3. The zero-order valence-corrected chi connectivity index (χ0v) is 30.3. The maximum Gasteiger partial charge on any atom is 0.408 e. The summed E-state index contributed by atoms with van der Waals surface area (Å²) in [6, 6.07) is 13.3. The first kappa shape index (κ1) is 36.6. The molecule has 2 saturated carbocycles. The van der Waals surface area contributed by atoms with Crippen molar-refractivity contribution in [2.45, 2.75) is 81.0 Å². The highest BCUT2D eigenvalue weighted by atomic mass is 32.2. The van der Waals surface area contributed by atoms with Gasteiger partial charge in [0.15, 0.2) is 0 Å². The van der Waals surface area contributed by atoms with E-state index in [0.717, 1.165) is 5.39 Å². The third kappa shape index (κ3) is 7.83. The number of hydrogen-bond acceptors (Lipinski definition) is 10. The van der Waals surface area contributed by atoms with E-state index >= 15 is 0 Å². The zero-order chi connectivity index (χ0) is 37.4. The molecule has 2 aromatic carbocycles. The van der Waals surface area contributed by atoms with Crippen LogP contribution in [0.15, 0.2) is 73.4 Å². The summed E-state index contributed by atoms with van der Waals surface area (Å²) in [4.78, 5) is 61.1. The standard InChI is InChI=1S/C37H43N5O9S/c1-6-24-20-37(24,34(45)41-52(47,48)27-13-14-27)40-31(43)29-19-26(50-32-28-15-12-25(49-5)18-23(28)16-17-38-32)21-42(29)33(44)30(22-10-8-7-9-11-22)39-35(46)51-36(2,3)4/h6-12,15-18,24,26-27,29-30H,1,13-14,19-21H2,2-5H3,(H,39,46)(H,40,43)(H,41,45)/t24-,26-,29+,30+,37-/m1/s1. The van der Waals surface area contributed by atoms with Crippen LogP contribution in [-0.4, -0.2) is 84.3 Å². The molecule has 3 aliphatic rings. The fourth-order valence-electron chi connectivity index (χ4n) is 6.43. The molecule has 4 amide bonds. The molecule has 5 atom stereocenters. The van der Waals surface area contributed by atoms with Crippen molar-refractivity contribution >= 4 is 44.6 Å². The number of aromatic nitrogens is 1. The van der Waals surface area contributed by atoms with E-state index in [1.165, 1.54) is 11.0 Å². The summed E-state index contributed by atoms with van der Waals surface area (Å²) < 4.78 is 44.7. The van der Waals surface area contributed by atoms with Crippen LogP contribution in [0.2, 0.25) is 0 Å². The second-order valence-corrected chi connectivity index (χ2v) is 16.3. The number of fused-ring (bicyclic) bond motifs is 1. The molecule has 3 fully saturated rings. The van der Waals surface area contributed by atoms with Gasteiger partial charge in [0, 0.05) is 23.9 Å². The van der Waals surface area contributed by atoms with Crippen LogP contribution in [0.25, 0.3) is 10.8 Å². The van der Waals surface area contributed by atoms with Gasteiger partial charge in [-0.25, -0.2) is 18.2 Å². The van der Waals surface area contributed by atoms with Crippen LogP contribution in [0.3, 0.4) is 0 Å². The Morgan fingerprint density at radius 1 is 1.08 bits per heavy atom. The number of hydrogen-bond donors (Lipinski definition) is 3. The predicted molar refractivity (Wildman–Crippen MR) is 191 cm³/mol. The van der Waals surface area contributed by atoms with E-state index in [0.29, 0.717) is 29.5 Å². The molecule has 15 heteroatoms. The molecule has 0 bridgehead atoms. The lowest BCUT2D eigenvalue weighted by Crippen LogP contribution is -2.57. The number of likely N-dealkylation sites (tertiary alicyclic amines) is 1. The predicted octanol–water partition coefficient (Wildman–Crippen LogP) is 3.53. The fraction of sp³-hybridized carbons (Fsp3) is 0.432. The Morgan fingerprint density at radius 2 is 1.81 bits per heavy atom. The Kier molecular flexibility index (Phi) is 9.92. The molecule has 6 rings (SSSR count). The minimum absolute atomic E-state index is 0.00340. The van der Waals surface area contributed by atoms with Gasteiger partial charge in [-0.05, 0) is 75.2 Å². The molecule has 2 heterocycles. The van der Waals surface area contributed by atoms with Gasteiger partial charge >= 0.3 is 6.09 Å². The van der Waals surface area contributed by atoms with Crippen LogP contribution in [0, 0.1) is 5.92 Å². The Balaban J connectivity index is 1.31. The smallest absolute Gasteiger partial charge is 0.408 e. The number of rotatable bonds is 12. The van der Waals surface area contributed by atoms with Crippen molar-refractivity contribution in [2.75, 3.05) is 13.7 Å². The molecular formula is C37H43N5O9S. The first-order valence-corrected chi connectivity index (χ1v) is 18.6. The maximum atomic E-state index is 14.6. The highest BCUT2D eigenvalue weighted by Gasteiger charge is 2.62. The van der Waals surface area contributed by atoms with E-state index in [1.807, 2.05) is 6.07 Å². The van der Waals surface area contributed by atoms with Crippen molar-refractivity contribution in [2.24, 2.45) is 5.92 Å². The van der Waals surface area contributed by atoms with E-state index in [2.05, 4.69) is 26.9 Å². The second kappa shape index (κ2) is 14.1. The lowest BCUT2D eigenvalue weighted by Gasteiger charge is -2.30. The molecule has 0 spiro atoms. The molecule has 1 aromatic heterocycles. The van der Waals surface area contributed by atoms with E-state index in [-0.39, 0.29) is 25.3 Å². The Morgan fingerprint density at radius 3 is 2.44 bits per heavy atom. The number of carbonyl (C=O) groups excluding carboxylic acids is 4. The monoisotopic (exact) mass is 733 g/mol. The molecule has 0 radical (unpaired) electrons. The lowest BCUT2D eigenvalue weighted by molar-refractivity contribution is -0.141. The zero-order valence-electron chi connectivity index (χ0n) is 29.5. The largest absolute Gasteiger partial charge is 0.497 e. The van der Waals surface area contributed by atoms with Gasteiger partial charge in [0.1, 0.15) is 35.1 Å². The average Bonchev–Trinajstić information content (AvgIpc) is 4.03. The second-order valence-electron chi connectivity index (χ2n) is 14.4. The van der Waals surface area contributed by atoms with Crippen molar-refractivity contribution < 1.29 is 41.8 Å². The SMILES string of the molecule is C=C[C@@H]1C[C@]1(NC(=O)[C@@H]1C[C@@H](Oc2nccc3cc(OC)ccc23)CN1C(=O)[C@@H](NC(=O)OC(C)(C)C)c1ccccc1)C(=O)NS(=O)(=O)C1CC1. The average molecular weight is 734 g/mol. The summed E-state index contributed by atoms with van der Waals surface area (Å²) in [5, 5.41) is 6.28. The molecule has 3 aromatic rings. The highest BCUT2D eigenvalue weighted by Crippen LogP contribution is 2.45. The van der Waals surface area contributed by atoms with Crippen LogP contribution in [0.4, 0.5) is 4.79 Å². The lowest BCUT2D eigenvalue weighted by atomic mass is 10.0. The van der Waals surface area contributed by atoms with Crippen molar-refractivity contribution in [1.29, 1.82) is 0 Å². The molecule has 1 aliphatic heterocycles. The van der Waals surface area contributed by atoms with Gasteiger partial charge in [0.25, 0.3) is 11.8 Å². The number of alkyl carbamates (subject to hydrolysis) is 1. The quantitative estimate of drug-likeness (QED) is 0.233. The van der Waals surface area contributed by atoms with Crippen molar-refractivity contribution in [1.82, 2.24) is 25.2 Å². The molecule has 52 heavy (non-hydrogen) atoms. The number of pyridine rings is 1. The van der Waals surface area contributed by atoms with Gasteiger partial charge in [-0.2, -0.15) is 0 Å². The van der Waals surface area contributed by atoms with E-state index in [1.54, 1.807) is 82.6 Å². The van der Waals surface area contributed by atoms with Gasteiger partial charge in [-0.3, -0.25) is 19.1 Å². The Bertz CT molecular complexity index is 2000. The first-order valence-electron chi connectivity index (χ1n) is 17.1. The van der Waals surface area contributed by atoms with Crippen molar-refractivity contribution in [3.8, 4) is 11.6 Å². The molecule has 276 valence electrons. The van der Waals surface area contributed by atoms with Crippen LogP contribution in [0.1, 0.15) is 58.1 Å². The van der Waals surface area contributed by atoms with E-state index in [4.69, 9.17) is 14.2 Å². The van der Waals surface area contributed by atoms with Crippen molar-refractivity contribution in [3.05, 3.63) is 79.0 Å². The van der Waals surface area contributed by atoms with Crippen LogP contribution in [-0.2, 0) is 29.1 Å². The number of sulfonamides is 1. The van der Waals surface area contributed by atoms with Gasteiger partial charge in [-0.15, -0.1) is 6.58 Å². The van der Waals surface area contributed by atoms with Crippen LogP contribution >= 0.6 is 0 Å². The van der Waals surface area contributed by atoms with E-state index in [9.17, 15) is 27.6 Å². The van der Waals surface area contributed by atoms with Gasteiger partial charge in [0.05, 0.1) is 18.9 Å². The maximum absolute atomic E-state index is 14.6. The molecular weight excluding hydrogens is 691 g/mol. The fourth-order valence-corrected chi connectivity index (χ4v) is 7.79. The molecule has 2 aliphatic carbocycles. The Labute approximate surface area is 302 Å². The Hall–Kier alpha value is -5.18. The summed E-state index contributed by atoms with van der Waals surface area (Å²) in [5.41, 5.74) is -1.98. The third-order valence-corrected chi connectivity index (χ3v) is 11.2. The first-order chi connectivity index (χ1) is 24.6. The molecule has 1 saturated heterocycles. The summed E-state index contributed by atoms with van der Waals surface area (Å²) in [7, 11) is -2.35. The number of benzene rings is 2. The molecule has 0 unspecified atom stereocenters. The van der Waals surface area contributed by atoms with Gasteiger partial charge < -0.3 is 29.7 Å². The number of nitrogens with zero attached hydrogens (tertiary/aromatic N) is 2. The van der Waals surface area contributed by atoms with E-state index < -0.39 is 74.3 Å². The van der Waals surface area contributed by atoms with Crippen molar-refractivity contribution in [3.63, 3.8) is 0 Å². The summed E-state index contributed by atoms with van der Waals surface area (Å²) in [6.07, 6.45) is 2.52. The number of ether oxygens (including phenoxy) is 3. The number of carbonyl (C=O) groups is 4.